The molecule has 5 atom stereocenters. The summed E-state index contributed by atoms with van der Waals surface area (Å²) in [5.74, 6) is 1.50. The molecule has 4 aliphatic rings. The number of nitrogens with one attached hydrogen (secondary N) is 3. The van der Waals surface area contributed by atoms with Crippen LogP contribution in [0.25, 0.3) is 0 Å². The highest BCUT2D eigenvalue weighted by Crippen LogP contribution is 2.41. The molecule has 2 unspecified atom stereocenters. The zero-order valence-electron chi connectivity index (χ0n) is 23.9. The molecule has 2 aliphatic carbocycles. The molecular weight excluding hydrogens is 622 g/mol. The lowest BCUT2D eigenvalue weighted by Gasteiger charge is -2.27. The Hall–Kier alpha value is -0.350. The van der Waals surface area contributed by atoms with Crippen molar-refractivity contribution >= 4 is 62.0 Å². The molecule has 0 spiro atoms. The zero-order chi connectivity index (χ0) is 24.6. The van der Waals surface area contributed by atoms with Crippen molar-refractivity contribution in [1.29, 1.82) is 0 Å². The van der Waals surface area contributed by atoms with Crippen molar-refractivity contribution < 1.29 is 0 Å². The molecule has 6 rings (SSSR count). The fourth-order valence-electron chi connectivity index (χ4n) is 5.80. The topological polar surface area (TPSA) is 68.6 Å². The molecule has 2 aromatic rings. The molecule has 11 heteroatoms. The first-order chi connectivity index (χ1) is 17.8. The van der Waals surface area contributed by atoms with E-state index in [1.165, 1.54) is 50.1 Å². The van der Waals surface area contributed by atoms with Crippen molar-refractivity contribution in [3.63, 3.8) is 0 Å². The van der Waals surface area contributed by atoms with Gasteiger partial charge in [-0.1, -0.05) is 60.7 Å². The van der Waals surface area contributed by atoms with Gasteiger partial charge < -0.3 is 26.6 Å². The lowest BCUT2D eigenvalue weighted by molar-refractivity contribution is 0.241. The second kappa shape index (κ2) is 21.4. The lowest BCUT2D eigenvalue weighted by atomic mass is 10.1. The highest BCUT2D eigenvalue weighted by Gasteiger charge is 2.38. The van der Waals surface area contributed by atoms with Gasteiger partial charge >= 0.3 is 0 Å². The van der Waals surface area contributed by atoms with E-state index in [1.807, 2.05) is 0 Å². The molecule has 0 bridgehead atoms. The number of hydrogen-bond donors (Lipinski definition) is 4. The summed E-state index contributed by atoms with van der Waals surface area (Å²) in [6.07, 6.45) is 3.77. The van der Waals surface area contributed by atoms with Crippen LogP contribution in [0.1, 0.15) is 42.2 Å². The third kappa shape index (κ3) is 13.4. The average molecular weight is 673 g/mol. The normalized spacial score (nSPS) is 26.3. The van der Waals surface area contributed by atoms with E-state index in [2.05, 4.69) is 86.4 Å². The molecule has 5 N–H and O–H groups in total. The fraction of sp³-hybridized carbons (Fsp3) is 0.600. The molecule has 2 heterocycles. The van der Waals surface area contributed by atoms with Gasteiger partial charge in [0, 0.05) is 88.9 Å². The van der Waals surface area contributed by atoms with E-state index in [-0.39, 0.29) is 62.0 Å². The number of piperazine rings is 1. The summed E-state index contributed by atoms with van der Waals surface area (Å²) < 4.78 is 0. The molecular formula is C30H51Cl5N6. The SMILES string of the molecule is Cl.Cl.Cl.Cl.Cl.N[C@@H]1CCN(CCN[C@H]2CC2c2ccccc2)C1.c1ccc(C2C[C@@H]2NCCN2CCNCC2)cc1. The third-order valence-electron chi connectivity index (χ3n) is 8.22. The van der Waals surface area contributed by atoms with Gasteiger partial charge in [0.1, 0.15) is 0 Å². The number of likely N-dealkylation sites (tertiary alicyclic amines) is 1. The molecule has 2 saturated heterocycles. The highest BCUT2D eigenvalue weighted by atomic mass is 35.5. The molecule has 6 nitrogen and oxygen atoms in total. The van der Waals surface area contributed by atoms with E-state index < -0.39 is 0 Å². The second-order valence-electron chi connectivity index (χ2n) is 11.1. The molecule has 2 aromatic carbocycles. The minimum Gasteiger partial charge on any atom is -0.326 e. The van der Waals surface area contributed by atoms with Crippen LogP contribution in [0.15, 0.2) is 60.7 Å². The average Bonchev–Trinajstić information content (AvgIpc) is 3.84. The Morgan fingerprint density at radius 1 is 0.659 bits per heavy atom. The van der Waals surface area contributed by atoms with Gasteiger partial charge in [0.25, 0.3) is 0 Å². The van der Waals surface area contributed by atoms with E-state index >= 15 is 0 Å². The van der Waals surface area contributed by atoms with Crippen molar-refractivity contribution in [2.75, 3.05) is 65.4 Å². The van der Waals surface area contributed by atoms with Crippen molar-refractivity contribution in [2.24, 2.45) is 5.73 Å². The van der Waals surface area contributed by atoms with Crippen molar-refractivity contribution in [3.05, 3.63) is 71.8 Å². The molecule has 2 aliphatic heterocycles. The van der Waals surface area contributed by atoms with Crippen LogP contribution in [0.3, 0.4) is 0 Å². The number of nitrogens with zero attached hydrogens (tertiary/aromatic N) is 2. The van der Waals surface area contributed by atoms with Gasteiger partial charge in [-0.25, -0.2) is 0 Å². The quantitative estimate of drug-likeness (QED) is 0.302. The van der Waals surface area contributed by atoms with E-state index in [0.29, 0.717) is 12.1 Å². The molecule has 2 saturated carbocycles. The maximum atomic E-state index is 5.90. The first kappa shape index (κ1) is 40.6. The van der Waals surface area contributed by atoms with Crippen molar-refractivity contribution in [1.82, 2.24) is 25.8 Å². The van der Waals surface area contributed by atoms with Crippen LogP contribution in [0.2, 0.25) is 0 Å². The van der Waals surface area contributed by atoms with Crippen molar-refractivity contribution in [2.45, 2.75) is 49.2 Å². The predicted molar refractivity (Wildman–Crippen MR) is 186 cm³/mol. The summed E-state index contributed by atoms with van der Waals surface area (Å²) in [5, 5.41) is 10.7. The Bertz CT molecular complexity index is 849. The Kier molecular flexibility index (Phi) is 21.2. The Morgan fingerprint density at radius 2 is 1.12 bits per heavy atom. The maximum absolute atomic E-state index is 5.90. The van der Waals surface area contributed by atoms with Crippen LogP contribution < -0.4 is 21.7 Å². The van der Waals surface area contributed by atoms with Crippen LogP contribution in [-0.4, -0.2) is 93.4 Å². The van der Waals surface area contributed by atoms with Gasteiger partial charge in [-0.15, -0.1) is 62.0 Å². The van der Waals surface area contributed by atoms with Gasteiger partial charge in [0.05, 0.1) is 0 Å². The monoisotopic (exact) mass is 670 g/mol. The van der Waals surface area contributed by atoms with E-state index in [9.17, 15) is 0 Å². The number of halogens is 5. The molecule has 236 valence electrons. The van der Waals surface area contributed by atoms with Crippen LogP contribution in [0.5, 0.6) is 0 Å². The lowest BCUT2D eigenvalue weighted by Crippen LogP contribution is -2.46. The Labute approximate surface area is 278 Å². The van der Waals surface area contributed by atoms with E-state index in [4.69, 9.17) is 5.73 Å². The van der Waals surface area contributed by atoms with Crippen LogP contribution in [0, 0.1) is 0 Å². The van der Waals surface area contributed by atoms with Gasteiger partial charge in [-0.3, -0.25) is 4.90 Å². The summed E-state index contributed by atoms with van der Waals surface area (Å²) in [5.41, 5.74) is 8.89. The van der Waals surface area contributed by atoms with Gasteiger partial charge in [0.2, 0.25) is 0 Å². The van der Waals surface area contributed by atoms with Crippen LogP contribution in [0.4, 0.5) is 0 Å². The zero-order valence-corrected chi connectivity index (χ0v) is 27.9. The molecule has 4 fully saturated rings. The van der Waals surface area contributed by atoms with Crippen LogP contribution >= 0.6 is 62.0 Å². The third-order valence-corrected chi connectivity index (χ3v) is 8.22. The van der Waals surface area contributed by atoms with Crippen LogP contribution in [-0.2, 0) is 0 Å². The molecule has 0 radical (unpaired) electrons. The summed E-state index contributed by atoms with van der Waals surface area (Å²) in [6, 6.07) is 23.6. The van der Waals surface area contributed by atoms with Gasteiger partial charge in [0.15, 0.2) is 0 Å². The first-order valence-electron chi connectivity index (χ1n) is 14.2. The number of nitrogens with two attached hydrogens (primary N) is 1. The minimum atomic E-state index is 0. The fourth-order valence-corrected chi connectivity index (χ4v) is 5.80. The van der Waals surface area contributed by atoms with Crippen molar-refractivity contribution in [3.8, 4) is 0 Å². The Morgan fingerprint density at radius 3 is 1.56 bits per heavy atom. The first-order valence-corrected chi connectivity index (χ1v) is 14.2. The predicted octanol–water partition coefficient (Wildman–Crippen LogP) is 4.31. The van der Waals surface area contributed by atoms with E-state index in [1.54, 1.807) is 0 Å². The molecule has 0 amide bonds. The van der Waals surface area contributed by atoms with Gasteiger partial charge in [-0.05, 0) is 36.9 Å². The number of benzene rings is 2. The molecule has 41 heavy (non-hydrogen) atoms. The smallest absolute Gasteiger partial charge is 0.0180 e. The summed E-state index contributed by atoms with van der Waals surface area (Å²) in [4.78, 5) is 5.01. The highest BCUT2D eigenvalue weighted by molar-refractivity contribution is 5.86. The largest absolute Gasteiger partial charge is 0.326 e. The van der Waals surface area contributed by atoms with E-state index in [0.717, 1.165) is 63.6 Å². The molecule has 0 aromatic heterocycles. The van der Waals surface area contributed by atoms with Gasteiger partial charge in [-0.2, -0.15) is 0 Å². The summed E-state index contributed by atoms with van der Waals surface area (Å²) in [6.45, 7) is 11.5. The number of rotatable bonds is 10. The second-order valence-corrected chi connectivity index (χ2v) is 11.1. The maximum Gasteiger partial charge on any atom is 0.0180 e. The Balaban J connectivity index is 0.000000696. The summed E-state index contributed by atoms with van der Waals surface area (Å²) >= 11 is 0. The summed E-state index contributed by atoms with van der Waals surface area (Å²) in [7, 11) is 0. The number of hydrogen-bond acceptors (Lipinski definition) is 6. The minimum absolute atomic E-state index is 0. The standard InChI is InChI=1S/2C15H23N3.5ClH/c1-2-4-13(5-3-1)14-12-15(14)17-8-11-18-9-6-16-7-10-18;16-13-6-8-18(11-13)9-7-17-15-10-14(15)12-4-2-1-3-5-12;;;;;/h1-5,14-17H,6-12H2;1-5,13-15,17H,6-11,16H2;5*1H/t14?,15-;13-,14?,15+;;;;;/m01...../s1.